The van der Waals surface area contributed by atoms with Gasteiger partial charge in [0, 0.05) is 30.6 Å². The van der Waals surface area contributed by atoms with E-state index in [2.05, 4.69) is 10.1 Å². The van der Waals surface area contributed by atoms with Crippen molar-refractivity contribution in [2.75, 3.05) is 0 Å². The number of rotatable bonds is 5. The van der Waals surface area contributed by atoms with E-state index >= 15 is 0 Å². The van der Waals surface area contributed by atoms with Crippen molar-refractivity contribution >= 4 is 0 Å². The summed E-state index contributed by atoms with van der Waals surface area (Å²) in [5.74, 6) is 2.62. The largest absolute Gasteiger partial charge is 0.457 e. The van der Waals surface area contributed by atoms with E-state index < -0.39 is 0 Å². The summed E-state index contributed by atoms with van der Waals surface area (Å²) < 4.78 is 13.6. The van der Waals surface area contributed by atoms with E-state index in [-0.39, 0.29) is 0 Å². The zero-order chi connectivity index (χ0) is 17.8. The van der Waals surface area contributed by atoms with Crippen molar-refractivity contribution in [3.8, 4) is 28.8 Å². The first-order valence-corrected chi connectivity index (χ1v) is 8.26. The first kappa shape index (κ1) is 15.9. The molecule has 0 aliphatic rings. The van der Waals surface area contributed by atoms with Gasteiger partial charge < -0.3 is 9.47 Å². The predicted molar refractivity (Wildman–Crippen MR) is 99.1 cm³/mol. The van der Waals surface area contributed by atoms with Gasteiger partial charge in [-0.2, -0.15) is 5.10 Å². The Morgan fingerprint density at radius 3 is 2.27 bits per heavy atom. The van der Waals surface area contributed by atoms with Crippen LogP contribution in [0.5, 0.6) is 23.1 Å². The Hall–Kier alpha value is -3.60. The van der Waals surface area contributed by atoms with Gasteiger partial charge in [-0.15, -0.1) is 0 Å². The van der Waals surface area contributed by atoms with Crippen molar-refractivity contribution in [1.82, 2.24) is 14.8 Å². The average Bonchev–Trinajstić information content (AvgIpc) is 3.10. The lowest BCUT2D eigenvalue weighted by atomic mass is 10.3. The summed E-state index contributed by atoms with van der Waals surface area (Å²) in [6.45, 7) is 1.96. The maximum atomic E-state index is 5.98. The van der Waals surface area contributed by atoms with Gasteiger partial charge in [-0.25, -0.2) is 9.67 Å². The van der Waals surface area contributed by atoms with Gasteiger partial charge in [-0.1, -0.05) is 18.2 Å². The minimum atomic E-state index is 0.542. The third kappa shape index (κ3) is 3.72. The van der Waals surface area contributed by atoms with Gasteiger partial charge in [-0.05, 0) is 43.3 Å². The molecule has 0 fully saturated rings. The average molecular weight is 343 g/mol. The van der Waals surface area contributed by atoms with E-state index in [0.717, 1.165) is 17.1 Å². The highest BCUT2D eigenvalue weighted by Gasteiger charge is 2.04. The van der Waals surface area contributed by atoms with Crippen LogP contribution < -0.4 is 9.47 Å². The third-order valence-corrected chi connectivity index (χ3v) is 3.71. The molecule has 0 radical (unpaired) electrons. The fourth-order valence-electron chi connectivity index (χ4n) is 2.51. The number of hydrogen-bond donors (Lipinski definition) is 0. The molecule has 0 saturated heterocycles. The summed E-state index contributed by atoms with van der Waals surface area (Å²) >= 11 is 0. The minimum absolute atomic E-state index is 0.542. The molecule has 0 spiro atoms. The molecule has 4 aromatic rings. The summed E-state index contributed by atoms with van der Waals surface area (Å²) in [4.78, 5) is 4.16. The van der Waals surface area contributed by atoms with Crippen molar-refractivity contribution in [2.45, 2.75) is 6.92 Å². The summed E-state index contributed by atoms with van der Waals surface area (Å²) in [7, 11) is 0. The van der Waals surface area contributed by atoms with Crippen molar-refractivity contribution in [2.24, 2.45) is 0 Å². The zero-order valence-electron chi connectivity index (χ0n) is 14.2. The molecule has 0 amide bonds. The van der Waals surface area contributed by atoms with Crippen LogP contribution in [-0.4, -0.2) is 14.8 Å². The van der Waals surface area contributed by atoms with E-state index in [9.17, 15) is 0 Å². The van der Waals surface area contributed by atoms with Crippen LogP contribution in [0.15, 0.2) is 85.2 Å². The molecule has 0 N–H and O–H groups in total. The smallest absolute Gasteiger partial charge is 0.219 e. The van der Waals surface area contributed by atoms with Crippen molar-refractivity contribution in [3.05, 3.63) is 90.9 Å². The standard InChI is InChI=1S/C21H17N3O2/c1-16-11-13-24(23-16)17-6-4-7-18(14-17)25-19-8-5-9-20(15-19)26-21-10-2-3-12-22-21/h2-15H,1H3. The number of ether oxygens (including phenoxy) is 2. The molecular weight excluding hydrogens is 326 g/mol. The van der Waals surface area contributed by atoms with Crippen molar-refractivity contribution in [1.29, 1.82) is 0 Å². The SMILES string of the molecule is Cc1ccn(-c2cccc(Oc3cccc(Oc4ccccn4)c3)c2)n1. The van der Waals surface area contributed by atoms with Crippen molar-refractivity contribution in [3.63, 3.8) is 0 Å². The topological polar surface area (TPSA) is 49.2 Å². The highest BCUT2D eigenvalue weighted by Crippen LogP contribution is 2.28. The highest BCUT2D eigenvalue weighted by atomic mass is 16.5. The number of benzene rings is 2. The third-order valence-electron chi connectivity index (χ3n) is 3.71. The molecule has 0 unspecified atom stereocenters. The van der Waals surface area contributed by atoms with Gasteiger partial charge >= 0.3 is 0 Å². The fraction of sp³-hybridized carbons (Fsp3) is 0.0476. The number of hydrogen-bond acceptors (Lipinski definition) is 4. The molecule has 0 aliphatic heterocycles. The molecule has 5 heteroatoms. The van der Waals surface area contributed by atoms with E-state index in [1.54, 1.807) is 6.20 Å². The lowest BCUT2D eigenvalue weighted by molar-refractivity contribution is 0.449. The van der Waals surface area contributed by atoms with E-state index in [0.29, 0.717) is 17.4 Å². The quantitative estimate of drug-likeness (QED) is 0.502. The molecule has 0 atom stereocenters. The van der Waals surface area contributed by atoms with E-state index in [1.165, 1.54) is 0 Å². The monoisotopic (exact) mass is 343 g/mol. The Kier molecular flexibility index (Phi) is 4.35. The second-order valence-electron chi connectivity index (χ2n) is 5.75. The van der Waals surface area contributed by atoms with Crippen LogP contribution in [0.1, 0.15) is 5.69 Å². The lowest BCUT2D eigenvalue weighted by Crippen LogP contribution is -1.95. The molecule has 2 aromatic heterocycles. The minimum Gasteiger partial charge on any atom is -0.457 e. The van der Waals surface area contributed by atoms with Crippen LogP contribution >= 0.6 is 0 Å². The molecule has 2 aromatic carbocycles. The molecule has 0 saturated carbocycles. The van der Waals surface area contributed by atoms with E-state index in [1.807, 2.05) is 90.6 Å². The van der Waals surface area contributed by atoms with Gasteiger partial charge in [0.2, 0.25) is 5.88 Å². The summed E-state index contributed by atoms with van der Waals surface area (Å²) in [5, 5.41) is 4.42. The normalized spacial score (nSPS) is 10.5. The maximum absolute atomic E-state index is 5.98. The molecule has 4 rings (SSSR count). The van der Waals surface area contributed by atoms with Gasteiger partial charge in [0.05, 0.1) is 11.4 Å². The molecule has 5 nitrogen and oxygen atoms in total. The highest BCUT2D eigenvalue weighted by molar-refractivity contribution is 5.42. The number of aromatic nitrogens is 3. The van der Waals surface area contributed by atoms with Crippen LogP contribution in [0.4, 0.5) is 0 Å². The van der Waals surface area contributed by atoms with Crippen LogP contribution in [0.25, 0.3) is 5.69 Å². The van der Waals surface area contributed by atoms with Crippen LogP contribution in [0.2, 0.25) is 0 Å². The Labute approximate surface area is 151 Å². The molecule has 0 aliphatic carbocycles. The number of nitrogens with zero attached hydrogens (tertiary/aromatic N) is 3. The zero-order valence-corrected chi connectivity index (χ0v) is 14.2. The van der Waals surface area contributed by atoms with E-state index in [4.69, 9.17) is 9.47 Å². The predicted octanol–water partition coefficient (Wildman–Crippen LogP) is 5.16. The van der Waals surface area contributed by atoms with Gasteiger partial charge in [0.25, 0.3) is 0 Å². The Balaban J connectivity index is 1.53. The molecular formula is C21H17N3O2. The second-order valence-corrected chi connectivity index (χ2v) is 5.75. The maximum Gasteiger partial charge on any atom is 0.219 e. The Bertz CT molecular complexity index is 1010. The Morgan fingerprint density at radius 1 is 0.769 bits per heavy atom. The van der Waals surface area contributed by atoms with Gasteiger partial charge in [0.1, 0.15) is 17.2 Å². The number of pyridine rings is 1. The van der Waals surface area contributed by atoms with Gasteiger partial charge in [0.15, 0.2) is 0 Å². The summed E-state index contributed by atoms with van der Waals surface area (Å²) in [5.41, 5.74) is 1.91. The molecule has 0 bridgehead atoms. The fourth-order valence-corrected chi connectivity index (χ4v) is 2.51. The first-order chi connectivity index (χ1) is 12.8. The number of aryl methyl sites for hydroxylation is 1. The molecule has 128 valence electrons. The summed E-state index contributed by atoms with van der Waals surface area (Å²) in [6, 6.07) is 22.7. The van der Waals surface area contributed by atoms with Crippen molar-refractivity contribution < 1.29 is 9.47 Å². The molecule has 2 heterocycles. The summed E-state index contributed by atoms with van der Waals surface area (Å²) in [6.07, 6.45) is 3.62. The van der Waals surface area contributed by atoms with Gasteiger partial charge in [-0.3, -0.25) is 0 Å². The lowest BCUT2D eigenvalue weighted by Gasteiger charge is -2.10. The second kappa shape index (κ2) is 7.11. The van der Waals surface area contributed by atoms with Crippen LogP contribution in [0.3, 0.4) is 0 Å². The van der Waals surface area contributed by atoms with Crippen LogP contribution in [-0.2, 0) is 0 Å². The Morgan fingerprint density at radius 2 is 1.54 bits per heavy atom. The molecule has 26 heavy (non-hydrogen) atoms. The van der Waals surface area contributed by atoms with Crippen LogP contribution in [0, 0.1) is 6.92 Å². The first-order valence-electron chi connectivity index (χ1n) is 8.26.